The summed E-state index contributed by atoms with van der Waals surface area (Å²) in [5.41, 5.74) is 2.03. The summed E-state index contributed by atoms with van der Waals surface area (Å²) in [6, 6.07) is 6.85. The molecule has 2 aromatic heterocycles. The summed E-state index contributed by atoms with van der Waals surface area (Å²) in [5, 5.41) is 7.77. The Labute approximate surface area is 170 Å². The van der Waals surface area contributed by atoms with Crippen molar-refractivity contribution in [2.45, 2.75) is 26.9 Å². The zero-order chi connectivity index (χ0) is 19.9. The molecular formula is C19H19N3O4S2. The highest BCUT2D eigenvalue weighted by molar-refractivity contribution is 7.14. The Morgan fingerprint density at radius 2 is 1.89 bits per heavy atom. The van der Waals surface area contributed by atoms with Gasteiger partial charge in [0.15, 0.2) is 5.13 Å². The van der Waals surface area contributed by atoms with E-state index in [1.807, 2.05) is 12.3 Å². The second-order valence-corrected chi connectivity index (χ2v) is 7.58. The summed E-state index contributed by atoms with van der Waals surface area (Å²) in [7, 11) is 0. The van der Waals surface area contributed by atoms with Crippen molar-refractivity contribution < 1.29 is 19.1 Å². The lowest BCUT2D eigenvalue weighted by Crippen LogP contribution is -2.12. The van der Waals surface area contributed by atoms with Gasteiger partial charge in [0.1, 0.15) is 17.4 Å². The van der Waals surface area contributed by atoms with Crippen molar-refractivity contribution in [3.63, 3.8) is 0 Å². The van der Waals surface area contributed by atoms with Crippen LogP contribution in [-0.2, 0) is 22.6 Å². The summed E-state index contributed by atoms with van der Waals surface area (Å²) >= 11 is 2.81. The van der Waals surface area contributed by atoms with E-state index in [0.717, 1.165) is 10.7 Å². The van der Waals surface area contributed by atoms with Crippen LogP contribution in [0.2, 0.25) is 0 Å². The minimum atomic E-state index is -0.339. The zero-order valence-electron chi connectivity index (χ0n) is 15.4. The van der Waals surface area contributed by atoms with E-state index in [2.05, 4.69) is 15.3 Å². The van der Waals surface area contributed by atoms with Gasteiger partial charge in [0.25, 0.3) is 5.91 Å². The van der Waals surface area contributed by atoms with Crippen LogP contribution < -0.4 is 10.1 Å². The number of aromatic nitrogens is 2. The minimum Gasteiger partial charge on any atom is -0.486 e. The van der Waals surface area contributed by atoms with Gasteiger partial charge in [-0.25, -0.2) is 9.97 Å². The van der Waals surface area contributed by atoms with Crippen LogP contribution >= 0.6 is 22.7 Å². The number of esters is 1. The van der Waals surface area contributed by atoms with Gasteiger partial charge in [-0.2, -0.15) is 0 Å². The number of hydrogen-bond acceptors (Lipinski definition) is 8. The minimum absolute atomic E-state index is 0.0882. The van der Waals surface area contributed by atoms with E-state index in [-0.39, 0.29) is 18.3 Å². The number of benzene rings is 1. The lowest BCUT2D eigenvalue weighted by molar-refractivity contribution is -0.142. The van der Waals surface area contributed by atoms with E-state index in [0.29, 0.717) is 35.4 Å². The lowest BCUT2D eigenvalue weighted by atomic mass is 10.2. The highest BCUT2D eigenvalue weighted by Gasteiger charge is 2.12. The van der Waals surface area contributed by atoms with Gasteiger partial charge in [-0.05, 0) is 38.1 Å². The third-order valence-electron chi connectivity index (χ3n) is 3.55. The molecule has 3 aromatic rings. The van der Waals surface area contributed by atoms with Gasteiger partial charge in [0.2, 0.25) is 0 Å². The van der Waals surface area contributed by atoms with Gasteiger partial charge in [-0.15, -0.1) is 22.7 Å². The number of nitrogens with zero attached hydrogens (tertiary/aromatic N) is 2. The smallest absolute Gasteiger partial charge is 0.311 e. The van der Waals surface area contributed by atoms with Gasteiger partial charge in [-0.3, -0.25) is 14.9 Å². The van der Waals surface area contributed by atoms with Crippen LogP contribution in [-0.4, -0.2) is 28.5 Å². The predicted octanol–water partition coefficient (Wildman–Crippen LogP) is 3.84. The first-order valence-electron chi connectivity index (χ1n) is 8.58. The van der Waals surface area contributed by atoms with Crippen molar-refractivity contribution in [2.24, 2.45) is 0 Å². The summed E-state index contributed by atoms with van der Waals surface area (Å²) in [5.74, 6) is 0.0451. The SMILES string of the molecule is CCOC(=O)Cc1csc(NC(=O)c2ccc(OCc3nc(C)cs3)cc2)n1. The Kier molecular flexibility index (Phi) is 6.72. The molecule has 0 aliphatic rings. The van der Waals surface area contributed by atoms with E-state index < -0.39 is 0 Å². The zero-order valence-corrected chi connectivity index (χ0v) is 17.1. The molecular weight excluding hydrogens is 398 g/mol. The van der Waals surface area contributed by atoms with Gasteiger partial charge in [-0.1, -0.05) is 0 Å². The largest absolute Gasteiger partial charge is 0.486 e. The van der Waals surface area contributed by atoms with E-state index in [9.17, 15) is 9.59 Å². The van der Waals surface area contributed by atoms with Gasteiger partial charge >= 0.3 is 5.97 Å². The van der Waals surface area contributed by atoms with Crippen LogP contribution in [0.3, 0.4) is 0 Å². The Hall–Kier alpha value is -2.78. The molecule has 0 bridgehead atoms. The Morgan fingerprint density at radius 3 is 2.57 bits per heavy atom. The first-order chi connectivity index (χ1) is 13.5. The maximum absolute atomic E-state index is 12.4. The summed E-state index contributed by atoms with van der Waals surface area (Å²) < 4.78 is 10.6. The first kappa shape index (κ1) is 20.0. The molecule has 28 heavy (non-hydrogen) atoms. The molecule has 0 spiro atoms. The molecule has 0 fully saturated rings. The summed E-state index contributed by atoms with van der Waals surface area (Å²) in [6.45, 7) is 4.42. The molecule has 3 rings (SSSR count). The van der Waals surface area contributed by atoms with Crippen LogP contribution in [0.1, 0.15) is 33.7 Å². The van der Waals surface area contributed by atoms with Gasteiger partial charge in [0, 0.05) is 22.0 Å². The third kappa shape index (κ3) is 5.61. The number of amides is 1. The molecule has 2 heterocycles. The second kappa shape index (κ2) is 9.43. The van der Waals surface area contributed by atoms with Crippen LogP contribution in [0, 0.1) is 6.92 Å². The summed E-state index contributed by atoms with van der Waals surface area (Å²) in [6.07, 6.45) is 0.0882. The number of thiazole rings is 2. The maximum atomic E-state index is 12.4. The fourth-order valence-electron chi connectivity index (χ4n) is 2.29. The van der Waals surface area contributed by atoms with Crippen LogP contribution in [0.5, 0.6) is 5.75 Å². The molecule has 0 saturated carbocycles. The van der Waals surface area contributed by atoms with Crippen molar-refractivity contribution in [1.82, 2.24) is 9.97 Å². The molecule has 1 amide bonds. The molecule has 7 nitrogen and oxygen atoms in total. The molecule has 0 unspecified atom stereocenters. The van der Waals surface area contributed by atoms with Crippen molar-refractivity contribution in [3.05, 3.63) is 57.0 Å². The van der Waals surface area contributed by atoms with E-state index in [1.165, 1.54) is 11.3 Å². The molecule has 1 N–H and O–H groups in total. The average Bonchev–Trinajstić information content (AvgIpc) is 3.29. The molecule has 0 aliphatic heterocycles. The van der Waals surface area contributed by atoms with Crippen molar-refractivity contribution >= 4 is 39.7 Å². The molecule has 146 valence electrons. The highest BCUT2D eigenvalue weighted by Crippen LogP contribution is 2.19. The Bertz CT molecular complexity index is 950. The number of hydrogen-bond donors (Lipinski definition) is 1. The molecule has 9 heteroatoms. The Morgan fingerprint density at radius 1 is 1.11 bits per heavy atom. The van der Waals surface area contributed by atoms with Crippen LogP contribution in [0.4, 0.5) is 5.13 Å². The summed E-state index contributed by atoms with van der Waals surface area (Å²) in [4.78, 5) is 32.4. The molecule has 0 atom stereocenters. The van der Waals surface area contributed by atoms with E-state index >= 15 is 0 Å². The van der Waals surface area contributed by atoms with Crippen molar-refractivity contribution in [2.75, 3.05) is 11.9 Å². The van der Waals surface area contributed by atoms with Gasteiger partial charge in [0.05, 0.1) is 18.7 Å². The normalized spacial score (nSPS) is 10.5. The van der Waals surface area contributed by atoms with Crippen molar-refractivity contribution in [3.8, 4) is 5.75 Å². The number of aryl methyl sites for hydroxylation is 1. The first-order valence-corrected chi connectivity index (χ1v) is 10.3. The quantitative estimate of drug-likeness (QED) is 0.560. The molecule has 0 aliphatic carbocycles. The van der Waals surface area contributed by atoms with Crippen LogP contribution in [0.15, 0.2) is 35.0 Å². The molecule has 1 aromatic carbocycles. The molecule has 0 radical (unpaired) electrons. The lowest BCUT2D eigenvalue weighted by Gasteiger charge is -2.06. The predicted molar refractivity (Wildman–Crippen MR) is 108 cm³/mol. The second-order valence-electron chi connectivity index (χ2n) is 5.78. The number of rotatable bonds is 8. The Balaban J connectivity index is 1.53. The van der Waals surface area contributed by atoms with Crippen molar-refractivity contribution in [1.29, 1.82) is 0 Å². The number of carbonyl (C=O) groups excluding carboxylic acids is 2. The number of carbonyl (C=O) groups is 2. The van der Waals surface area contributed by atoms with Gasteiger partial charge < -0.3 is 9.47 Å². The third-order valence-corrected chi connectivity index (χ3v) is 5.30. The van der Waals surface area contributed by atoms with Crippen LogP contribution in [0.25, 0.3) is 0 Å². The highest BCUT2D eigenvalue weighted by atomic mass is 32.1. The fourth-order valence-corrected chi connectivity index (χ4v) is 3.68. The van der Waals surface area contributed by atoms with E-state index in [4.69, 9.17) is 9.47 Å². The standard InChI is InChI=1S/C19H19N3O4S2/c1-3-25-17(23)8-14-11-28-19(21-14)22-18(24)13-4-6-15(7-5-13)26-9-16-20-12(2)10-27-16/h4-7,10-11H,3,8-9H2,1-2H3,(H,21,22,24). The topological polar surface area (TPSA) is 90.4 Å². The number of nitrogens with one attached hydrogen (secondary N) is 1. The monoisotopic (exact) mass is 417 g/mol. The number of ether oxygens (including phenoxy) is 2. The fraction of sp³-hybridized carbons (Fsp3) is 0.263. The molecule has 0 saturated heterocycles. The van der Waals surface area contributed by atoms with E-state index in [1.54, 1.807) is 47.9 Å². The number of anilines is 1. The maximum Gasteiger partial charge on any atom is 0.311 e. The average molecular weight is 418 g/mol.